The molecule has 4 rings (SSSR count). The molecule has 176 valence electrons. The molecule has 1 aliphatic heterocycles. The average Bonchev–Trinajstić information content (AvgIpc) is 3.27. The fourth-order valence-corrected chi connectivity index (χ4v) is 4.40. The van der Waals surface area contributed by atoms with Crippen LogP contribution in [-0.4, -0.2) is 33.0 Å². The Kier molecular flexibility index (Phi) is 6.84. The minimum Gasteiger partial charge on any atom is -0.858 e. The van der Waals surface area contributed by atoms with Crippen LogP contribution in [0.5, 0.6) is 5.88 Å². The highest BCUT2D eigenvalue weighted by molar-refractivity contribution is 6.44. The number of halogens is 1. The van der Waals surface area contributed by atoms with Crippen molar-refractivity contribution >= 4 is 34.7 Å². The van der Waals surface area contributed by atoms with Gasteiger partial charge in [0.15, 0.2) is 12.4 Å². The van der Waals surface area contributed by atoms with Crippen LogP contribution in [0, 0.1) is 0 Å². The van der Waals surface area contributed by atoms with Gasteiger partial charge < -0.3 is 5.11 Å². The molecule has 1 aliphatic rings. The first-order chi connectivity index (χ1) is 16.4. The fraction of sp³-hybridized carbons (Fsp3) is 0.308. The highest BCUT2D eigenvalue weighted by Gasteiger charge is 2.46. The fourth-order valence-electron chi connectivity index (χ4n) is 4.22. The van der Waals surface area contributed by atoms with Crippen LogP contribution < -0.4 is 9.67 Å². The van der Waals surface area contributed by atoms with Gasteiger partial charge in [0.25, 0.3) is 11.6 Å². The van der Waals surface area contributed by atoms with Gasteiger partial charge in [-0.2, -0.15) is 9.67 Å². The van der Waals surface area contributed by atoms with Crippen molar-refractivity contribution in [2.24, 2.45) is 0 Å². The average molecular weight is 479 g/mol. The second-order valence-corrected chi connectivity index (χ2v) is 8.66. The number of aryl methyl sites for hydroxylation is 2. The smallest absolute Gasteiger partial charge is 0.326 e. The highest BCUT2D eigenvalue weighted by Crippen LogP contribution is 2.37. The molecular formula is C26H27ClN4O3. The zero-order chi connectivity index (χ0) is 24.4. The van der Waals surface area contributed by atoms with E-state index in [0.29, 0.717) is 29.2 Å². The van der Waals surface area contributed by atoms with Gasteiger partial charge >= 0.3 is 5.91 Å². The molecule has 7 nitrogen and oxygen atoms in total. The minimum absolute atomic E-state index is 0.110. The highest BCUT2D eigenvalue weighted by atomic mass is 35.5. The molecule has 0 N–H and O–H groups in total. The summed E-state index contributed by atoms with van der Waals surface area (Å²) in [6.07, 6.45) is 6.17. The summed E-state index contributed by atoms with van der Waals surface area (Å²) in [5, 5.41) is 18.8. The lowest BCUT2D eigenvalue weighted by Gasteiger charge is -2.15. The van der Waals surface area contributed by atoms with E-state index < -0.39 is 17.7 Å². The number of hydrogen-bond acceptors (Lipinski definition) is 4. The Hall–Kier alpha value is -3.45. The predicted molar refractivity (Wildman–Crippen MR) is 128 cm³/mol. The number of pyridine rings is 1. The molecule has 0 aliphatic carbocycles. The van der Waals surface area contributed by atoms with E-state index >= 15 is 0 Å². The van der Waals surface area contributed by atoms with Crippen LogP contribution in [0.4, 0.5) is 0 Å². The molecule has 3 aromatic rings. The second-order valence-electron chi connectivity index (χ2n) is 8.23. The number of rotatable bonds is 8. The van der Waals surface area contributed by atoms with Gasteiger partial charge in [-0.3, -0.25) is 14.5 Å². The van der Waals surface area contributed by atoms with E-state index in [1.807, 2.05) is 39.1 Å². The van der Waals surface area contributed by atoms with Crippen LogP contribution in [0.25, 0.3) is 17.0 Å². The standard InChI is InChI=1S/C26H27ClN4O3/c1-4-9-20-21(25(33)31(28-20)19-12-7-11-18(27)15-19)22-23(26(34)30(13-5-2)24(22)32)29-14-8-10-17(6-3)16-29/h7-8,10-12,14-16H,4-6,9,13H2,1-3H3. The van der Waals surface area contributed by atoms with Crippen molar-refractivity contribution in [2.75, 3.05) is 6.54 Å². The third-order valence-electron chi connectivity index (χ3n) is 5.82. The number of hydrogen-bond donors (Lipinski definition) is 0. The maximum absolute atomic E-state index is 13.7. The zero-order valence-corrected chi connectivity index (χ0v) is 20.3. The first kappa shape index (κ1) is 23.7. The Morgan fingerprint density at radius 1 is 1.06 bits per heavy atom. The topological polar surface area (TPSA) is 82.1 Å². The number of carbonyl (C=O) groups is 2. The largest absolute Gasteiger partial charge is 0.858 e. The van der Waals surface area contributed by atoms with E-state index in [1.165, 1.54) is 9.58 Å². The Morgan fingerprint density at radius 2 is 1.85 bits per heavy atom. The van der Waals surface area contributed by atoms with Crippen LogP contribution in [-0.2, 0) is 22.4 Å². The third kappa shape index (κ3) is 4.12. The summed E-state index contributed by atoms with van der Waals surface area (Å²) in [5.41, 5.74) is 2.49. The molecule has 8 heteroatoms. The van der Waals surface area contributed by atoms with Gasteiger partial charge in [-0.15, -0.1) is 0 Å². The molecule has 0 saturated heterocycles. The number of amides is 2. The number of benzene rings is 1. The van der Waals surface area contributed by atoms with Crippen LogP contribution in [0.2, 0.25) is 5.02 Å². The Balaban J connectivity index is 2.00. The van der Waals surface area contributed by atoms with Crippen LogP contribution in [0.15, 0.2) is 48.8 Å². The van der Waals surface area contributed by atoms with Crippen molar-refractivity contribution in [1.29, 1.82) is 0 Å². The van der Waals surface area contributed by atoms with E-state index in [2.05, 4.69) is 5.10 Å². The third-order valence-corrected chi connectivity index (χ3v) is 6.06. The molecule has 0 saturated carbocycles. The quantitative estimate of drug-likeness (QED) is 0.366. The van der Waals surface area contributed by atoms with Crippen molar-refractivity contribution in [3.63, 3.8) is 0 Å². The first-order valence-corrected chi connectivity index (χ1v) is 11.9. The Morgan fingerprint density at radius 3 is 2.53 bits per heavy atom. The van der Waals surface area contributed by atoms with Gasteiger partial charge in [-0.05, 0) is 49.4 Å². The number of aromatic nitrogens is 3. The van der Waals surface area contributed by atoms with Gasteiger partial charge in [0.2, 0.25) is 0 Å². The number of carbonyl (C=O) groups excluding carboxylic acids is 2. The maximum atomic E-state index is 13.7. The minimum atomic E-state index is -0.462. The van der Waals surface area contributed by atoms with E-state index in [-0.39, 0.29) is 23.4 Å². The summed E-state index contributed by atoms with van der Waals surface area (Å²) in [7, 11) is 0. The molecule has 0 unspecified atom stereocenters. The molecule has 2 aromatic heterocycles. The zero-order valence-electron chi connectivity index (χ0n) is 19.5. The van der Waals surface area contributed by atoms with Crippen molar-refractivity contribution in [3.8, 4) is 11.6 Å². The van der Waals surface area contributed by atoms with Gasteiger partial charge in [0, 0.05) is 28.8 Å². The van der Waals surface area contributed by atoms with Crippen molar-refractivity contribution in [2.45, 2.75) is 46.5 Å². The molecule has 3 heterocycles. The summed E-state index contributed by atoms with van der Waals surface area (Å²) in [4.78, 5) is 28.3. The van der Waals surface area contributed by atoms with Gasteiger partial charge in [-0.1, -0.05) is 44.9 Å². The van der Waals surface area contributed by atoms with Gasteiger partial charge in [-0.25, -0.2) is 4.68 Å². The van der Waals surface area contributed by atoms with Gasteiger partial charge in [0.05, 0.1) is 11.4 Å². The van der Waals surface area contributed by atoms with Gasteiger partial charge in [0.1, 0.15) is 5.57 Å². The van der Waals surface area contributed by atoms with E-state index in [0.717, 1.165) is 18.4 Å². The Bertz CT molecular complexity index is 1290. The molecule has 0 radical (unpaired) electrons. The lowest BCUT2D eigenvalue weighted by molar-refractivity contribution is -0.577. The molecule has 0 bridgehead atoms. The van der Waals surface area contributed by atoms with E-state index in [4.69, 9.17) is 11.6 Å². The SMILES string of the molecule is CCCc1nn(-c2cccc(Cl)c2)c([O-])c1C1=C([n+]2cccc(CC)c2)C(=O)N(CCC)C1=O. The van der Waals surface area contributed by atoms with Crippen molar-refractivity contribution in [1.82, 2.24) is 14.7 Å². The molecule has 2 amide bonds. The van der Waals surface area contributed by atoms with Crippen LogP contribution in [0.1, 0.15) is 50.4 Å². The molecular weight excluding hydrogens is 452 g/mol. The monoisotopic (exact) mass is 478 g/mol. The molecule has 0 atom stereocenters. The summed E-state index contributed by atoms with van der Waals surface area (Å²) < 4.78 is 2.93. The number of imide groups is 1. The maximum Gasteiger partial charge on any atom is 0.326 e. The summed E-state index contributed by atoms with van der Waals surface area (Å²) in [6.45, 7) is 6.18. The predicted octanol–water partition coefficient (Wildman–Crippen LogP) is 3.55. The second kappa shape index (κ2) is 9.81. The molecule has 34 heavy (non-hydrogen) atoms. The van der Waals surface area contributed by atoms with E-state index in [9.17, 15) is 14.7 Å². The first-order valence-electron chi connectivity index (χ1n) is 11.6. The Labute approximate surface area is 203 Å². The molecule has 1 aromatic carbocycles. The van der Waals surface area contributed by atoms with Crippen molar-refractivity contribution in [3.05, 3.63) is 70.6 Å². The number of nitrogens with zero attached hydrogens (tertiary/aromatic N) is 4. The van der Waals surface area contributed by atoms with E-state index in [1.54, 1.807) is 35.0 Å². The van der Waals surface area contributed by atoms with Crippen molar-refractivity contribution < 1.29 is 19.3 Å². The molecule has 0 spiro atoms. The normalized spacial score (nSPS) is 13.9. The molecule has 0 fully saturated rings. The lowest BCUT2D eigenvalue weighted by atomic mass is 10.0. The summed E-state index contributed by atoms with van der Waals surface area (Å²) in [6, 6.07) is 10.6. The van der Waals surface area contributed by atoms with Crippen LogP contribution in [0.3, 0.4) is 0 Å². The summed E-state index contributed by atoms with van der Waals surface area (Å²) >= 11 is 6.15. The lowest BCUT2D eigenvalue weighted by Crippen LogP contribution is -2.40. The van der Waals surface area contributed by atoms with Crippen LogP contribution >= 0.6 is 11.6 Å². The summed E-state index contributed by atoms with van der Waals surface area (Å²) in [5.74, 6) is -1.31.